The third kappa shape index (κ3) is 4.24. The van der Waals surface area contributed by atoms with Crippen LogP contribution in [0.15, 0.2) is 36.4 Å². The summed E-state index contributed by atoms with van der Waals surface area (Å²) >= 11 is 0. The smallest absolute Gasteiger partial charge is 0.226 e. The highest BCUT2D eigenvalue weighted by Gasteiger charge is 2.24. The topological polar surface area (TPSA) is 66.5 Å². The number of rotatable bonds is 7. The average molecular weight is 387 g/mol. The van der Waals surface area contributed by atoms with Gasteiger partial charge in [0.25, 0.3) is 0 Å². The monoisotopic (exact) mass is 387 g/mol. The van der Waals surface area contributed by atoms with Crippen LogP contribution in [0.5, 0.6) is 28.7 Å². The molecule has 2 aromatic carbocycles. The Labute approximate surface area is 164 Å². The number of ether oxygens (including phenoxy) is 5. The van der Waals surface area contributed by atoms with Crippen LogP contribution in [0.1, 0.15) is 5.56 Å². The van der Waals surface area contributed by atoms with Crippen molar-refractivity contribution >= 4 is 5.91 Å². The van der Waals surface area contributed by atoms with Crippen LogP contribution in [0, 0.1) is 0 Å². The fourth-order valence-electron chi connectivity index (χ4n) is 3.11. The summed E-state index contributed by atoms with van der Waals surface area (Å²) in [6.45, 7) is 0.830. The van der Waals surface area contributed by atoms with Gasteiger partial charge in [0, 0.05) is 7.05 Å². The summed E-state index contributed by atoms with van der Waals surface area (Å²) in [6.07, 6.45) is -0.0130. The van der Waals surface area contributed by atoms with Crippen LogP contribution in [0.25, 0.3) is 0 Å². The summed E-state index contributed by atoms with van der Waals surface area (Å²) < 4.78 is 27.7. The highest BCUT2D eigenvalue weighted by Crippen LogP contribution is 2.38. The standard InChI is InChI=1S/C21H25NO6/c1-22(12-15-13-27-16-7-5-6-8-17(16)28-15)20(23)11-14-9-18(24-2)21(26-4)19(10-14)25-3/h5-10,15H,11-13H2,1-4H3/t15-/m0/s1. The lowest BCUT2D eigenvalue weighted by Crippen LogP contribution is -2.42. The van der Waals surface area contributed by atoms with E-state index in [2.05, 4.69) is 0 Å². The van der Waals surface area contributed by atoms with Gasteiger partial charge in [-0.05, 0) is 29.8 Å². The predicted molar refractivity (Wildman–Crippen MR) is 104 cm³/mol. The molecule has 3 rings (SSSR count). The Kier molecular flexibility index (Phi) is 6.13. The van der Waals surface area contributed by atoms with Crippen LogP contribution < -0.4 is 23.7 Å². The lowest BCUT2D eigenvalue weighted by atomic mass is 10.1. The lowest BCUT2D eigenvalue weighted by Gasteiger charge is -2.29. The van der Waals surface area contributed by atoms with Crippen molar-refractivity contribution < 1.29 is 28.5 Å². The molecule has 0 saturated carbocycles. The molecule has 0 aliphatic carbocycles. The minimum atomic E-state index is -0.219. The quantitative estimate of drug-likeness (QED) is 0.728. The van der Waals surface area contributed by atoms with Gasteiger partial charge < -0.3 is 28.6 Å². The number of likely N-dealkylation sites (N-methyl/N-ethyl adjacent to an activating group) is 1. The molecule has 0 spiro atoms. The molecule has 0 fully saturated rings. The molecule has 7 nitrogen and oxygen atoms in total. The van der Waals surface area contributed by atoms with E-state index in [1.54, 1.807) is 45.4 Å². The van der Waals surface area contributed by atoms with Gasteiger partial charge in [-0.15, -0.1) is 0 Å². The lowest BCUT2D eigenvalue weighted by molar-refractivity contribution is -0.130. The van der Waals surface area contributed by atoms with E-state index in [0.29, 0.717) is 36.1 Å². The van der Waals surface area contributed by atoms with Crippen LogP contribution in [-0.2, 0) is 11.2 Å². The SMILES string of the molecule is COc1cc(CC(=O)N(C)C[C@H]2COc3ccccc3O2)cc(OC)c1OC. The Morgan fingerprint density at radius 1 is 1.07 bits per heavy atom. The van der Waals surface area contributed by atoms with Crippen LogP contribution in [-0.4, -0.2) is 58.4 Å². The van der Waals surface area contributed by atoms with E-state index in [1.807, 2.05) is 24.3 Å². The normalized spacial score (nSPS) is 14.9. The predicted octanol–water partition coefficient (Wildman–Crippen LogP) is 2.55. The maximum absolute atomic E-state index is 12.7. The molecule has 0 bridgehead atoms. The maximum Gasteiger partial charge on any atom is 0.226 e. The molecule has 2 aromatic rings. The number of nitrogens with zero attached hydrogens (tertiary/aromatic N) is 1. The molecule has 1 amide bonds. The summed E-state index contributed by atoms with van der Waals surface area (Å²) in [7, 11) is 6.40. The van der Waals surface area contributed by atoms with Gasteiger partial charge in [0.2, 0.25) is 11.7 Å². The van der Waals surface area contributed by atoms with E-state index in [4.69, 9.17) is 23.7 Å². The molecule has 0 radical (unpaired) electrons. The molecule has 1 aliphatic heterocycles. The van der Waals surface area contributed by atoms with E-state index >= 15 is 0 Å². The van der Waals surface area contributed by atoms with Crippen molar-refractivity contribution in [1.82, 2.24) is 4.90 Å². The van der Waals surface area contributed by atoms with Crippen molar-refractivity contribution in [1.29, 1.82) is 0 Å². The minimum absolute atomic E-state index is 0.0447. The fourth-order valence-corrected chi connectivity index (χ4v) is 3.11. The Morgan fingerprint density at radius 2 is 1.71 bits per heavy atom. The zero-order valence-corrected chi connectivity index (χ0v) is 16.6. The molecular formula is C21H25NO6. The van der Waals surface area contributed by atoms with Gasteiger partial charge in [0.1, 0.15) is 6.61 Å². The summed E-state index contributed by atoms with van der Waals surface area (Å²) in [5, 5.41) is 0. The molecule has 0 N–H and O–H groups in total. The van der Waals surface area contributed by atoms with Crippen LogP contribution in [0.3, 0.4) is 0 Å². The first kappa shape index (κ1) is 19.7. The van der Waals surface area contributed by atoms with Crippen molar-refractivity contribution in [2.24, 2.45) is 0 Å². The van der Waals surface area contributed by atoms with Crippen molar-refractivity contribution in [2.75, 3.05) is 41.5 Å². The van der Waals surface area contributed by atoms with Crippen LogP contribution in [0.2, 0.25) is 0 Å². The molecular weight excluding hydrogens is 362 g/mol. The molecule has 1 atom stereocenters. The Hall–Kier alpha value is -3.09. The summed E-state index contributed by atoms with van der Waals surface area (Å²) in [4.78, 5) is 14.3. The summed E-state index contributed by atoms with van der Waals surface area (Å²) in [5.41, 5.74) is 0.775. The number of carbonyl (C=O) groups excluding carboxylic acids is 1. The van der Waals surface area contributed by atoms with Gasteiger partial charge >= 0.3 is 0 Å². The molecule has 1 heterocycles. The zero-order chi connectivity index (χ0) is 20.1. The second kappa shape index (κ2) is 8.73. The van der Waals surface area contributed by atoms with Gasteiger partial charge in [-0.25, -0.2) is 0 Å². The van der Waals surface area contributed by atoms with Gasteiger partial charge in [0.05, 0.1) is 34.3 Å². The summed E-state index contributed by atoms with van der Waals surface area (Å²) in [5.74, 6) is 2.92. The largest absolute Gasteiger partial charge is 0.493 e. The number of fused-ring (bicyclic) bond motifs is 1. The molecule has 7 heteroatoms. The van der Waals surface area contributed by atoms with Crippen LogP contribution >= 0.6 is 0 Å². The Bertz CT molecular complexity index is 812. The number of amides is 1. The second-order valence-electron chi connectivity index (χ2n) is 6.48. The first-order chi connectivity index (χ1) is 13.5. The second-order valence-corrected chi connectivity index (χ2v) is 6.48. The average Bonchev–Trinajstić information content (AvgIpc) is 2.72. The van der Waals surface area contributed by atoms with E-state index in [-0.39, 0.29) is 18.4 Å². The summed E-state index contributed by atoms with van der Waals surface area (Å²) in [6, 6.07) is 11.1. The number of benzene rings is 2. The van der Waals surface area contributed by atoms with E-state index < -0.39 is 0 Å². The van der Waals surface area contributed by atoms with Crippen molar-refractivity contribution in [3.05, 3.63) is 42.0 Å². The zero-order valence-electron chi connectivity index (χ0n) is 16.6. The van der Waals surface area contributed by atoms with Crippen molar-refractivity contribution in [3.63, 3.8) is 0 Å². The first-order valence-electron chi connectivity index (χ1n) is 8.97. The number of para-hydroxylation sites is 2. The third-order valence-electron chi connectivity index (χ3n) is 4.55. The number of carbonyl (C=O) groups is 1. The Balaban J connectivity index is 1.65. The van der Waals surface area contributed by atoms with Crippen molar-refractivity contribution in [2.45, 2.75) is 12.5 Å². The third-order valence-corrected chi connectivity index (χ3v) is 4.55. The molecule has 0 saturated heterocycles. The fraction of sp³-hybridized carbons (Fsp3) is 0.381. The first-order valence-corrected chi connectivity index (χ1v) is 8.97. The molecule has 0 aromatic heterocycles. The molecule has 1 aliphatic rings. The Morgan fingerprint density at radius 3 is 2.32 bits per heavy atom. The van der Waals surface area contributed by atoms with Gasteiger partial charge in [-0.1, -0.05) is 12.1 Å². The van der Waals surface area contributed by atoms with Gasteiger partial charge in [0.15, 0.2) is 29.1 Å². The number of hydrogen-bond donors (Lipinski definition) is 0. The van der Waals surface area contributed by atoms with E-state index in [9.17, 15) is 4.79 Å². The maximum atomic E-state index is 12.7. The van der Waals surface area contributed by atoms with Crippen molar-refractivity contribution in [3.8, 4) is 28.7 Å². The molecule has 150 valence electrons. The van der Waals surface area contributed by atoms with Gasteiger partial charge in [-0.3, -0.25) is 4.79 Å². The number of methoxy groups -OCH3 is 3. The van der Waals surface area contributed by atoms with Crippen LogP contribution in [0.4, 0.5) is 0 Å². The van der Waals surface area contributed by atoms with E-state index in [1.165, 1.54) is 0 Å². The van der Waals surface area contributed by atoms with E-state index in [0.717, 1.165) is 11.3 Å². The minimum Gasteiger partial charge on any atom is -0.493 e. The van der Waals surface area contributed by atoms with Gasteiger partial charge in [-0.2, -0.15) is 0 Å². The highest BCUT2D eigenvalue weighted by atomic mass is 16.6. The highest BCUT2D eigenvalue weighted by molar-refractivity contribution is 5.79. The number of hydrogen-bond acceptors (Lipinski definition) is 6. The molecule has 28 heavy (non-hydrogen) atoms. The molecule has 0 unspecified atom stereocenters.